The van der Waals surface area contributed by atoms with E-state index in [4.69, 9.17) is 0 Å². The van der Waals surface area contributed by atoms with Gasteiger partial charge in [0.2, 0.25) is 5.91 Å². The van der Waals surface area contributed by atoms with Gasteiger partial charge in [-0.05, 0) is 62.9 Å². The molecule has 0 unspecified atom stereocenters. The first kappa shape index (κ1) is 17.5. The third-order valence-corrected chi connectivity index (χ3v) is 4.40. The lowest BCUT2D eigenvalue weighted by Gasteiger charge is -2.22. The molecule has 1 heterocycles. The number of piperidine rings is 1. The van der Waals surface area contributed by atoms with E-state index in [0.717, 1.165) is 37.9 Å². The minimum atomic E-state index is -0.0479. The van der Waals surface area contributed by atoms with Crippen LogP contribution >= 0.6 is 0 Å². The van der Waals surface area contributed by atoms with E-state index in [1.54, 1.807) is 25.1 Å². The second-order valence-electron chi connectivity index (χ2n) is 6.51. The third kappa shape index (κ3) is 5.06. The first-order valence-electron chi connectivity index (χ1n) is 8.30. The Morgan fingerprint density at radius 2 is 1.96 bits per heavy atom. The van der Waals surface area contributed by atoms with Gasteiger partial charge in [-0.2, -0.15) is 0 Å². The van der Waals surface area contributed by atoms with E-state index in [1.165, 1.54) is 0 Å². The van der Waals surface area contributed by atoms with Crippen LogP contribution in [0.2, 0.25) is 0 Å². The van der Waals surface area contributed by atoms with Gasteiger partial charge in [-0.15, -0.1) is 0 Å². The van der Waals surface area contributed by atoms with Gasteiger partial charge in [-0.25, -0.2) is 0 Å². The molecule has 126 valence electrons. The molecule has 2 rings (SSSR count). The number of anilines is 1. The van der Waals surface area contributed by atoms with Crippen molar-refractivity contribution in [3.8, 4) is 0 Å². The fraction of sp³-hybridized carbons (Fsp3) is 0.556. The highest BCUT2D eigenvalue weighted by atomic mass is 16.2. The van der Waals surface area contributed by atoms with Crippen molar-refractivity contribution in [2.75, 3.05) is 32.5 Å². The Morgan fingerprint density at radius 3 is 2.61 bits per heavy atom. The number of carbonyl (C=O) groups is 2. The van der Waals surface area contributed by atoms with Crippen LogP contribution in [0.4, 0.5) is 5.69 Å². The maximum absolute atomic E-state index is 12.1. The van der Waals surface area contributed by atoms with Gasteiger partial charge in [0.1, 0.15) is 0 Å². The summed E-state index contributed by atoms with van der Waals surface area (Å²) in [5.74, 6) is 0.620. The van der Waals surface area contributed by atoms with Gasteiger partial charge >= 0.3 is 0 Å². The molecule has 0 saturated carbocycles. The minimum Gasteiger partial charge on any atom is -0.345 e. The van der Waals surface area contributed by atoms with E-state index >= 15 is 0 Å². The van der Waals surface area contributed by atoms with E-state index < -0.39 is 0 Å². The van der Waals surface area contributed by atoms with Crippen molar-refractivity contribution >= 4 is 17.5 Å². The molecule has 0 radical (unpaired) electrons. The molecule has 2 N–H and O–H groups in total. The van der Waals surface area contributed by atoms with Crippen LogP contribution in [0, 0.1) is 12.8 Å². The van der Waals surface area contributed by atoms with Crippen LogP contribution < -0.4 is 10.6 Å². The number of amides is 2. The molecule has 0 atom stereocenters. The molecule has 5 nitrogen and oxygen atoms in total. The number of hydrogen-bond donors (Lipinski definition) is 2. The van der Waals surface area contributed by atoms with Gasteiger partial charge in [-0.3, -0.25) is 9.59 Å². The fourth-order valence-electron chi connectivity index (χ4n) is 2.90. The maximum atomic E-state index is 12.1. The number of hydrogen-bond acceptors (Lipinski definition) is 3. The van der Waals surface area contributed by atoms with Gasteiger partial charge in [0.15, 0.2) is 0 Å². The lowest BCUT2D eigenvalue weighted by atomic mass is 9.93. The van der Waals surface area contributed by atoms with Gasteiger partial charge in [-0.1, -0.05) is 6.07 Å². The lowest BCUT2D eigenvalue weighted by molar-refractivity contribution is -0.116. The molecule has 23 heavy (non-hydrogen) atoms. The number of benzene rings is 1. The van der Waals surface area contributed by atoms with Crippen LogP contribution in [0.15, 0.2) is 18.2 Å². The van der Waals surface area contributed by atoms with E-state index in [-0.39, 0.29) is 11.8 Å². The highest BCUT2D eigenvalue weighted by Gasteiger charge is 2.16. The Bertz CT molecular complexity index is 563. The summed E-state index contributed by atoms with van der Waals surface area (Å²) in [6.07, 6.45) is 3.77. The number of nitrogens with zero attached hydrogens (tertiary/aromatic N) is 1. The molecule has 1 aliphatic heterocycles. The van der Waals surface area contributed by atoms with Crippen LogP contribution in [-0.4, -0.2) is 43.9 Å². The second kappa shape index (κ2) is 8.11. The van der Waals surface area contributed by atoms with Crippen LogP contribution in [0.5, 0.6) is 0 Å². The predicted octanol–water partition coefficient (Wildman–Crippen LogP) is 2.42. The molecule has 2 amide bonds. The summed E-state index contributed by atoms with van der Waals surface area (Å²) >= 11 is 0. The summed E-state index contributed by atoms with van der Waals surface area (Å²) in [4.78, 5) is 25.8. The van der Waals surface area contributed by atoms with Crippen LogP contribution in [0.1, 0.15) is 41.6 Å². The highest BCUT2D eigenvalue weighted by molar-refractivity contribution is 5.98. The summed E-state index contributed by atoms with van der Waals surface area (Å²) in [5, 5.41) is 6.25. The zero-order chi connectivity index (χ0) is 16.8. The van der Waals surface area contributed by atoms with Crippen molar-refractivity contribution in [1.29, 1.82) is 0 Å². The number of aryl methyl sites for hydroxylation is 1. The van der Waals surface area contributed by atoms with Gasteiger partial charge in [0.25, 0.3) is 5.91 Å². The monoisotopic (exact) mass is 317 g/mol. The minimum absolute atomic E-state index is 0.0237. The zero-order valence-corrected chi connectivity index (χ0v) is 14.3. The van der Waals surface area contributed by atoms with Gasteiger partial charge in [0.05, 0.1) is 0 Å². The summed E-state index contributed by atoms with van der Waals surface area (Å²) in [5.41, 5.74) is 2.23. The molecule has 0 aromatic heterocycles. The van der Waals surface area contributed by atoms with E-state index in [9.17, 15) is 9.59 Å². The molecular weight excluding hydrogens is 290 g/mol. The summed E-state index contributed by atoms with van der Waals surface area (Å²) in [6, 6.07) is 5.49. The van der Waals surface area contributed by atoms with Crippen molar-refractivity contribution in [2.24, 2.45) is 5.92 Å². The second-order valence-corrected chi connectivity index (χ2v) is 6.51. The molecule has 0 aliphatic carbocycles. The Morgan fingerprint density at radius 1 is 1.26 bits per heavy atom. The van der Waals surface area contributed by atoms with Gasteiger partial charge < -0.3 is 15.5 Å². The van der Waals surface area contributed by atoms with Crippen molar-refractivity contribution in [3.05, 3.63) is 29.3 Å². The standard InChI is InChI=1S/C18H27N3O2/c1-13-4-6-15(12-16(13)18(23)21(2)3)20-17(22)7-5-14-8-10-19-11-9-14/h4,6,12,14,19H,5,7-11H2,1-3H3,(H,20,22). The van der Waals surface area contributed by atoms with Crippen LogP contribution in [-0.2, 0) is 4.79 Å². The largest absolute Gasteiger partial charge is 0.345 e. The normalized spacial score (nSPS) is 15.3. The third-order valence-electron chi connectivity index (χ3n) is 4.40. The molecule has 5 heteroatoms. The fourth-order valence-corrected chi connectivity index (χ4v) is 2.90. The average Bonchev–Trinajstić information content (AvgIpc) is 2.55. The molecule has 0 spiro atoms. The highest BCUT2D eigenvalue weighted by Crippen LogP contribution is 2.20. The molecular formula is C18H27N3O2. The van der Waals surface area contributed by atoms with Crippen molar-refractivity contribution in [2.45, 2.75) is 32.6 Å². The van der Waals surface area contributed by atoms with E-state index in [0.29, 0.717) is 23.6 Å². The van der Waals surface area contributed by atoms with Crippen molar-refractivity contribution in [1.82, 2.24) is 10.2 Å². The Balaban J connectivity index is 1.92. The summed E-state index contributed by atoms with van der Waals surface area (Å²) in [6.45, 7) is 4.01. The summed E-state index contributed by atoms with van der Waals surface area (Å²) < 4.78 is 0. The Kier molecular flexibility index (Phi) is 6.16. The predicted molar refractivity (Wildman–Crippen MR) is 92.7 cm³/mol. The quantitative estimate of drug-likeness (QED) is 0.877. The smallest absolute Gasteiger partial charge is 0.253 e. The van der Waals surface area contributed by atoms with E-state index in [1.807, 2.05) is 19.1 Å². The molecule has 1 aromatic carbocycles. The molecule has 1 fully saturated rings. The molecule has 1 aliphatic rings. The first-order valence-corrected chi connectivity index (χ1v) is 8.30. The number of carbonyl (C=O) groups excluding carboxylic acids is 2. The first-order chi connectivity index (χ1) is 11.0. The number of rotatable bonds is 5. The maximum Gasteiger partial charge on any atom is 0.253 e. The van der Waals surface area contributed by atoms with Crippen LogP contribution in [0.25, 0.3) is 0 Å². The Hall–Kier alpha value is -1.88. The van der Waals surface area contributed by atoms with Crippen LogP contribution in [0.3, 0.4) is 0 Å². The topological polar surface area (TPSA) is 61.4 Å². The molecule has 1 saturated heterocycles. The number of nitrogens with one attached hydrogen (secondary N) is 2. The molecule has 1 aromatic rings. The SMILES string of the molecule is Cc1ccc(NC(=O)CCC2CCNCC2)cc1C(=O)N(C)C. The lowest BCUT2D eigenvalue weighted by Crippen LogP contribution is -2.28. The summed E-state index contributed by atoms with van der Waals surface area (Å²) in [7, 11) is 3.46. The van der Waals surface area contributed by atoms with Crippen molar-refractivity contribution < 1.29 is 9.59 Å². The zero-order valence-electron chi connectivity index (χ0n) is 14.3. The molecule has 0 bridgehead atoms. The van der Waals surface area contributed by atoms with E-state index in [2.05, 4.69) is 10.6 Å². The van der Waals surface area contributed by atoms with Gasteiger partial charge in [0, 0.05) is 31.8 Å². The average molecular weight is 317 g/mol. The Labute approximate surface area is 138 Å². The van der Waals surface area contributed by atoms with Crippen molar-refractivity contribution in [3.63, 3.8) is 0 Å².